The lowest BCUT2D eigenvalue weighted by Crippen LogP contribution is -2.17. The first kappa shape index (κ1) is 32.3. The molecule has 4 heteroatoms. The van der Waals surface area contributed by atoms with Crippen LogP contribution >= 0.6 is 0 Å². The van der Waals surface area contributed by atoms with Crippen molar-refractivity contribution in [2.75, 3.05) is 0 Å². The third-order valence-corrected chi connectivity index (χ3v) is 9.90. The molecule has 0 bridgehead atoms. The molecule has 246 valence electrons. The van der Waals surface area contributed by atoms with E-state index in [1.54, 1.807) is 0 Å². The van der Waals surface area contributed by atoms with E-state index in [1.165, 1.54) is 16.7 Å². The highest BCUT2D eigenvalue weighted by atomic mass is 16.3. The lowest BCUT2D eigenvalue weighted by atomic mass is 9.78. The summed E-state index contributed by atoms with van der Waals surface area (Å²) in [6.07, 6.45) is 2.69. The van der Waals surface area contributed by atoms with Gasteiger partial charge in [0.15, 0.2) is 0 Å². The van der Waals surface area contributed by atoms with Gasteiger partial charge in [0.05, 0.1) is 17.1 Å². The van der Waals surface area contributed by atoms with Crippen LogP contribution in [0, 0.1) is 0 Å². The third-order valence-electron chi connectivity index (χ3n) is 9.90. The average molecular weight is 644 g/mol. The van der Waals surface area contributed by atoms with Crippen LogP contribution in [-0.2, 0) is 17.3 Å². The summed E-state index contributed by atoms with van der Waals surface area (Å²) >= 11 is 0. The van der Waals surface area contributed by atoms with Gasteiger partial charge in [-0.15, -0.1) is 0 Å². The quantitative estimate of drug-likeness (QED) is 0.203. The molecule has 0 amide bonds. The molecule has 1 N–H and O–H groups in total. The molecule has 0 radical (unpaired) electrons. The fraction of sp³-hybridized carbons (Fsp3) is 0.244. The highest BCUT2D eigenvalue weighted by Gasteiger charge is 2.32. The summed E-state index contributed by atoms with van der Waals surface area (Å²) in [6, 6.07) is 36.2. The second-order valence-electron chi connectivity index (χ2n) is 15.5. The van der Waals surface area contributed by atoms with Crippen LogP contribution in [0.3, 0.4) is 0 Å². The fourth-order valence-electron chi connectivity index (χ4n) is 6.91. The predicted octanol–water partition coefficient (Wildman–Crippen LogP) is 11.6. The highest BCUT2D eigenvalue weighted by molar-refractivity contribution is 5.88. The van der Waals surface area contributed by atoms with Crippen molar-refractivity contribution in [2.24, 2.45) is 0 Å². The van der Waals surface area contributed by atoms with E-state index < -0.39 is 0 Å². The van der Waals surface area contributed by atoms with Crippen LogP contribution in [0.15, 0.2) is 115 Å². The standard InChI is InChI=1S/C45H45N3O/c1-28-21-40-41(29(28)2)42(37-26-35(44(3,4)5)27-38(43(37)49)45(6,7)8)47-48(40)36-23-33(31-17-13-10-14-18-31)22-34(24-36)39-25-32(19-20-46-39)30-15-11-9-12-16-30/h9-20,22-27,49H,21H2,1-8H3. The Bertz CT molecular complexity index is 2230. The molecule has 2 aromatic heterocycles. The third kappa shape index (κ3) is 6.01. The Morgan fingerprint density at radius 2 is 1.29 bits per heavy atom. The maximum absolute atomic E-state index is 12.0. The number of rotatable bonds is 5. The van der Waals surface area contributed by atoms with E-state index in [1.807, 2.05) is 18.3 Å². The Hall–Kier alpha value is -5.22. The van der Waals surface area contributed by atoms with Crippen LogP contribution in [0.4, 0.5) is 0 Å². The van der Waals surface area contributed by atoms with Crippen LogP contribution in [-0.4, -0.2) is 19.9 Å². The van der Waals surface area contributed by atoms with Crippen molar-refractivity contribution >= 4 is 5.57 Å². The summed E-state index contributed by atoms with van der Waals surface area (Å²) in [4.78, 5) is 4.86. The first-order chi connectivity index (χ1) is 23.3. The summed E-state index contributed by atoms with van der Waals surface area (Å²) in [5, 5.41) is 17.4. The van der Waals surface area contributed by atoms with Gasteiger partial charge in [-0.2, -0.15) is 5.10 Å². The molecule has 6 aromatic rings. The van der Waals surface area contributed by atoms with Crippen molar-refractivity contribution in [3.8, 4) is 56.2 Å². The number of allylic oxidation sites excluding steroid dienone is 2. The highest BCUT2D eigenvalue weighted by Crippen LogP contribution is 2.47. The number of phenols is 1. The first-order valence-electron chi connectivity index (χ1n) is 17.2. The van der Waals surface area contributed by atoms with Crippen molar-refractivity contribution in [2.45, 2.75) is 72.6 Å². The topological polar surface area (TPSA) is 50.9 Å². The summed E-state index contributed by atoms with van der Waals surface area (Å²) < 4.78 is 2.11. The monoisotopic (exact) mass is 643 g/mol. The van der Waals surface area contributed by atoms with Crippen molar-refractivity contribution < 1.29 is 5.11 Å². The Morgan fingerprint density at radius 3 is 1.92 bits per heavy atom. The molecule has 0 saturated heterocycles. The lowest BCUT2D eigenvalue weighted by Gasteiger charge is -2.27. The normalized spacial score (nSPS) is 13.2. The van der Waals surface area contributed by atoms with E-state index in [4.69, 9.17) is 10.1 Å². The van der Waals surface area contributed by atoms with E-state index in [9.17, 15) is 5.11 Å². The summed E-state index contributed by atoms with van der Waals surface area (Å²) in [7, 11) is 0. The minimum atomic E-state index is -0.243. The van der Waals surface area contributed by atoms with Crippen LogP contribution in [0.5, 0.6) is 5.75 Å². The zero-order valence-electron chi connectivity index (χ0n) is 29.9. The predicted molar refractivity (Wildman–Crippen MR) is 204 cm³/mol. The first-order valence-corrected chi connectivity index (χ1v) is 17.2. The number of nitrogens with zero attached hydrogens (tertiary/aromatic N) is 3. The molecule has 4 nitrogen and oxygen atoms in total. The van der Waals surface area contributed by atoms with Gasteiger partial charge in [-0.05, 0) is 94.5 Å². The number of aromatic nitrogens is 3. The molecule has 7 rings (SSSR count). The van der Waals surface area contributed by atoms with Crippen LogP contribution < -0.4 is 0 Å². The molecule has 4 aromatic carbocycles. The van der Waals surface area contributed by atoms with Crippen LogP contribution in [0.25, 0.3) is 56.0 Å². The van der Waals surface area contributed by atoms with Crippen molar-refractivity contribution in [3.05, 3.63) is 137 Å². The van der Waals surface area contributed by atoms with Gasteiger partial charge < -0.3 is 5.11 Å². The van der Waals surface area contributed by atoms with Gasteiger partial charge in [0.2, 0.25) is 0 Å². The molecule has 0 spiro atoms. The number of fused-ring (bicyclic) bond motifs is 1. The molecule has 0 unspecified atom stereocenters. The smallest absolute Gasteiger partial charge is 0.128 e. The zero-order chi connectivity index (χ0) is 34.7. The van der Waals surface area contributed by atoms with Gasteiger partial charge in [0, 0.05) is 34.9 Å². The maximum atomic E-state index is 12.0. The van der Waals surface area contributed by atoms with E-state index in [-0.39, 0.29) is 10.8 Å². The maximum Gasteiger partial charge on any atom is 0.128 e. The van der Waals surface area contributed by atoms with E-state index >= 15 is 0 Å². The molecular formula is C45H45N3O. The van der Waals surface area contributed by atoms with E-state index in [2.05, 4.69) is 151 Å². The summed E-state index contributed by atoms with van der Waals surface area (Å²) in [5.41, 5.74) is 15.6. The van der Waals surface area contributed by atoms with Gasteiger partial charge in [-0.3, -0.25) is 4.98 Å². The molecule has 0 saturated carbocycles. The second-order valence-corrected chi connectivity index (χ2v) is 15.5. The second kappa shape index (κ2) is 12.0. The van der Waals surface area contributed by atoms with E-state index in [0.29, 0.717) is 5.75 Å². The molecule has 49 heavy (non-hydrogen) atoms. The van der Waals surface area contributed by atoms with Crippen molar-refractivity contribution in [3.63, 3.8) is 0 Å². The Kier molecular flexibility index (Phi) is 7.94. The van der Waals surface area contributed by atoms with Crippen molar-refractivity contribution in [1.29, 1.82) is 0 Å². The van der Waals surface area contributed by atoms with Gasteiger partial charge >= 0.3 is 0 Å². The number of hydrogen-bond donors (Lipinski definition) is 1. The van der Waals surface area contributed by atoms with Gasteiger partial charge in [0.25, 0.3) is 0 Å². The van der Waals surface area contributed by atoms with Gasteiger partial charge in [-0.1, -0.05) is 114 Å². The molecule has 1 aliphatic rings. The molecule has 0 aliphatic heterocycles. The Morgan fingerprint density at radius 1 is 0.653 bits per heavy atom. The SMILES string of the molecule is CC1=C(C)c2c(-c3cc(C(C)(C)C)cc(C(C)(C)C)c3O)nn(-c3cc(-c4ccccc4)cc(-c4cc(-c5ccccc5)ccn4)c3)c2C1. The summed E-state index contributed by atoms with van der Waals surface area (Å²) in [6.45, 7) is 17.6. The Balaban J connectivity index is 1.47. The minimum Gasteiger partial charge on any atom is -0.507 e. The van der Waals surface area contributed by atoms with Gasteiger partial charge in [0.1, 0.15) is 11.4 Å². The van der Waals surface area contributed by atoms with Gasteiger partial charge in [-0.25, -0.2) is 4.68 Å². The largest absolute Gasteiger partial charge is 0.507 e. The lowest BCUT2D eigenvalue weighted by molar-refractivity contribution is 0.446. The van der Waals surface area contributed by atoms with E-state index in [0.717, 1.165) is 73.7 Å². The van der Waals surface area contributed by atoms with Crippen LogP contribution in [0.1, 0.15) is 77.8 Å². The number of hydrogen-bond acceptors (Lipinski definition) is 3. The Labute approximate surface area is 290 Å². The number of phenolic OH excluding ortho intramolecular Hbond substituents is 1. The molecule has 1 aliphatic carbocycles. The number of pyridine rings is 1. The van der Waals surface area contributed by atoms with Crippen LogP contribution in [0.2, 0.25) is 0 Å². The number of benzene rings is 4. The average Bonchev–Trinajstić information content (AvgIpc) is 3.60. The molecular weight excluding hydrogens is 599 g/mol. The number of aromatic hydroxyl groups is 1. The zero-order valence-corrected chi connectivity index (χ0v) is 29.9. The van der Waals surface area contributed by atoms with Crippen molar-refractivity contribution in [1.82, 2.24) is 14.8 Å². The summed E-state index contributed by atoms with van der Waals surface area (Å²) in [5.74, 6) is 0.311. The molecule has 0 fully saturated rings. The minimum absolute atomic E-state index is 0.102. The molecule has 2 heterocycles. The fourth-order valence-corrected chi connectivity index (χ4v) is 6.91. The molecule has 0 atom stereocenters.